The fraction of sp³-hybridized carbons (Fsp3) is 0.250. The first-order valence-electron chi connectivity index (χ1n) is 6.68. The normalized spacial score (nSPS) is 12.1. The summed E-state index contributed by atoms with van der Waals surface area (Å²) in [7, 11) is 1.92. The third-order valence-corrected chi connectivity index (χ3v) is 4.41. The van der Waals surface area contributed by atoms with E-state index in [1.807, 2.05) is 25.2 Å². The van der Waals surface area contributed by atoms with Gasteiger partial charge in [0.15, 0.2) is 0 Å². The summed E-state index contributed by atoms with van der Waals surface area (Å²) in [5.74, 6) is 0. The Labute approximate surface area is 132 Å². The zero-order chi connectivity index (χ0) is 15.4. The van der Waals surface area contributed by atoms with Crippen LogP contribution < -0.4 is 5.32 Å². The number of nitro benzene ring substituents is 1. The number of nitrogens with one attached hydrogen (secondary N) is 1. The van der Waals surface area contributed by atoms with Crippen molar-refractivity contribution >= 4 is 21.6 Å². The number of halogens is 1. The van der Waals surface area contributed by atoms with Crippen molar-refractivity contribution < 1.29 is 4.92 Å². The van der Waals surface area contributed by atoms with Gasteiger partial charge in [-0.3, -0.25) is 10.1 Å². The van der Waals surface area contributed by atoms with Crippen LogP contribution in [0.5, 0.6) is 0 Å². The Morgan fingerprint density at radius 1 is 1.24 bits per heavy atom. The standard InChI is InChI=1S/C16H17BrN2O2/c1-11-9-13(5-8-15(11)17)16(18-2)10-12-3-6-14(7-4-12)19(20)21/h3-9,16,18H,10H2,1-2H3. The maximum absolute atomic E-state index is 10.7. The van der Waals surface area contributed by atoms with Crippen LogP contribution in [-0.4, -0.2) is 12.0 Å². The van der Waals surface area contributed by atoms with Gasteiger partial charge in [0.2, 0.25) is 0 Å². The van der Waals surface area contributed by atoms with E-state index in [2.05, 4.69) is 40.3 Å². The van der Waals surface area contributed by atoms with Gasteiger partial charge in [-0.25, -0.2) is 0 Å². The summed E-state index contributed by atoms with van der Waals surface area (Å²) < 4.78 is 1.09. The van der Waals surface area contributed by atoms with Gasteiger partial charge in [-0.15, -0.1) is 0 Å². The summed E-state index contributed by atoms with van der Waals surface area (Å²) in [4.78, 5) is 10.3. The van der Waals surface area contributed by atoms with E-state index in [1.54, 1.807) is 12.1 Å². The summed E-state index contributed by atoms with van der Waals surface area (Å²) in [6.45, 7) is 2.06. The number of nitrogens with zero attached hydrogens (tertiary/aromatic N) is 1. The molecule has 0 amide bonds. The molecule has 0 aliphatic rings. The Morgan fingerprint density at radius 3 is 2.43 bits per heavy atom. The average molecular weight is 349 g/mol. The summed E-state index contributed by atoms with van der Waals surface area (Å²) in [5, 5.41) is 14.0. The minimum absolute atomic E-state index is 0.124. The van der Waals surface area contributed by atoms with Gasteiger partial charge in [0.05, 0.1) is 4.92 Å². The Morgan fingerprint density at radius 2 is 1.90 bits per heavy atom. The third-order valence-electron chi connectivity index (χ3n) is 3.52. The number of rotatable bonds is 5. The van der Waals surface area contributed by atoms with E-state index >= 15 is 0 Å². The molecule has 2 aromatic carbocycles. The summed E-state index contributed by atoms with van der Waals surface area (Å²) in [5.41, 5.74) is 3.59. The van der Waals surface area contributed by atoms with Gasteiger partial charge in [0, 0.05) is 22.6 Å². The first-order chi connectivity index (χ1) is 10.0. The predicted octanol–water partition coefficient (Wildman–Crippen LogP) is 4.17. The van der Waals surface area contributed by atoms with Gasteiger partial charge in [-0.05, 0) is 43.1 Å². The molecule has 0 saturated heterocycles. The molecule has 5 heteroatoms. The molecule has 110 valence electrons. The molecule has 2 rings (SSSR count). The average Bonchev–Trinajstić information content (AvgIpc) is 2.48. The fourth-order valence-electron chi connectivity index (χ4n) is 2.26. The zero-order valence-electron chi connectivity index (χ0n) is 12.0. The maximum atomic E-state index is 10.7. The van der Waals surface area contributed by atoms with Gasteiger partial charge in [-0.1, -0.05) is 40.2 Å². The van der Waals surface area contributed by atoms with E-state index in [0.29, 0.717) is 0 Å². The first kappa shape index (κ1) is 15.7. The van der Waals surface area contributed by atoms with Crippen molar-refractivity contribution in [1.29, 1.82) is 0 Å². The molecule has 0 aliphatic carbocycles. The Bertz CT molecular complexity index is 641. The van der Waals surface area contributed by atoms with Gasteiger partial charge < -0.3 is 5.32 Å². The number of non-ortho nitro benzene ring substituents is 1. The smallest absolute Gasteiger partial charge is 0.269 e. The lowest BCUT2D eigenvalue weighted by Crippen LogP contribution is -2.19. The minimum atomic E-state index is -0.378. The summed E-state index contributed by atoms with van der Waals surface area (Å²) in [6.07, 6.45) is 0.787. The van der Waals surface area contributed by atoms with Crippen LogP contribution in [0.1, 0.15) is 22.7 Å². The highest BCUT2D eigenvalue weighted by Gasteiger charge is 2.12. The second-order valence-electron chi connectivity index (χ2n) is 4.98. The molecular formula is C16H17BrN2O2. The molecule has 0 saturated carbocycles. The number of likely N-dealkylation sites (N-methyl/N-ethyl adjacent to an activating group) is 1. The lowest BCUT2D eigenvalue weighted by Gasteiger charge is -2.17. The molecule has 0 bridgehead atoms. The van der Waals surface area contributed by atoms with Crippen LogP contribution in [-0.2, 0) is 6.42 Å². The van der Waals surface area contributed by atoms with Crippen LogP contribution in [0.4, 0.5) is 5.69 Å². The zero-order valence-corrected chi connectivity index (χ0v) is 13.6. The predicted molar refractivity (Wildman–Crippen MR) is 87.5 cm³/mol. The summed E-state index contributed by atoms with van der Waals surface area (Å²) in [6, 6.07) is 13.2. The first-order valence-corrected chi connectivity index (χ1v) is 7.47. The number of hydrogen-bond donors (Lipinski definition) is 1. The topological polar surface area (TPSA) is 55.2 Å². The molecule has 0 aromatic heterocycles. The number of benzene rings is 2. The second kappa shape index (κ2) is 6.83. The van der Waals surface area contributed by atoms with Crippen molar-refractivity contribution in [2.24, 2.45) is 0 Å². The fourth-order valence-corrected chi connectivity index (χ4v) is 2.51. The van der Waals surface area contributed by atoms with Crippen LogP contribution >= 0.6 is 15.9 Å². The largest absolute Gasteiger partial charge is 0.313 e. The molecule has 0 radical (unpaired) electrons. The highest BCUT2D eigenvalue weighted by Crippen LogP contribution is 2.24. The molecular weight excluding hydrogens is 332 g/mol. The monoisotopic (exact) mass is 348 g/mol. The molecule has 1 unspecified atom stereocenters. The third kappa shape index (κ3) is 3.89. The molecule has 4 nitrogen and oxygen atoms in total. The lowest BCUT2D eigenvalue weighted by molar-refractivity contribution is -0.384. The van der Waals surface area contributed by atoms with Crippen molar-refractivity contribution in [3.05, 3.63) is 73.7 Å². The number of aryl methyl sites for hydroxylation is 1. The van der Waals surface area contributed by atoms with Crippen LogP contribution in [0.3, 0.4) is 0 Å². The highest BCUT2D eigenvalue weighted by molar-refractivity contribution is 9.10. The van der Waals surface area contributed by atoms with Crippen molar-refractivity contribution in [1.82, 2.24) is 5.32 Å². The van der Waals surface area contributed by atoms with E-state index in [9.17, 15) is 10.1 Å². The SMILES string of the molecule is CNC(Cc1ccc([N+](=O)[O-])cc1)c1ccc(Br)c(C)c1. The second-order valence-corrected chi connectivity index (χ2v) is 5.83. The van der Waals surface area contributed by atoms with Crippen LogP contribution in [0.25, 0.3) is 0 Å². The molecule has 0 aliphatic heterocycles. The number of nitro groups is 1. The Balaban J connectivity index is 2.18. The lowest BCUT2D eigenvalue weighted by atomic mass is 9.97. The molecule has 0 spiro atoms. The van der Waals surface area contributed by atoms with Crippen LogP contribution in [0.15, 0.2) is 46.9 Å². The van der Waals surface area contributed by atoms with Crippen molar-refractivity contribution in [3.8, 4) is 0 Å². The molecule has 0 fully saturated rings. The van der Waals surface area contributed by atoms with E-state index < -0.39 is 0 Å². The van der Waals surface area contributed by atoms with Gasteiger partial charge in [0.1, 0.15) is 0 Å². The van der Waals surface area contributed by atoms with Gasteiger partial charge in [0.25, 0.3) is 5.69 Å². The van der Waals surface area contributed by atoms with E-state index in [0.717, 1.165) is 16.5 Å². The van der Waals surface area contributed by atoms with Crippen molar-refractivity contribution in [2.75, 3.05) is 7.05 Å². The molecule has 1 N–H and O–H groups in total. The van der Waals surface area contributed by atoms with Gasteiger partial charge in [-0.2, -0.15) is 0 Å². The van der Waals surface area contributed by atoms with Crippen LogP contribution in [0.2, 0.25) is 0 Å². The van der Waals surface area contributed by atoms with Crippen molar-refractivity contribution in [3.63, 3.8) is 0 Å². The maximum Gasteiger partial charge on any atom is 0.269 e. The minimum Gasteiger partial charge on any atom is -0.313 e. The number of hydrogen-bond acceptors (Lipinski definition) is 3. The Hall–Kier alpha value is -1.72. The molecule has 21 heavy (non-hydrogen) atoms. The van der Waals surface area contributed by atoms with Gasteiger partial charge >= 0.3 is 0 Å². The van der Waals surface area contributed by atoms with Crippen molar-refractivity contribution in [2.45, 2.75) is 19.4 Å². The summed E-state index contributed by atoms with van der Waals surface area (Å²) >= 11 is 3.50. The molecule has 2 aromatic rings. The van der Waals surface area contributed by atoms with E-state index in [-0.39, 0.29) is 16.7 Å². The van der Waals surface area contributed by atoms with E-state index in [1.165, 1.54) is 11.1 Å². The Kier molecular flexibility index (Phi) is 5.09. The van der Waals surface area contributed by atoms with Crippen LogP contribution in [0, 0.1) is 17.0 Å². The quantitative estimate of drug-likeness (QED) is 0.651. The highest BCUT2D eigenvalue weighted by atomic mass is 79.9. The molecule has 1 atom stereocenters. The molecule has 0 heterocycles. The van der Waals surface area contributed by atoms with E-state index in [4.69, 9.17) is 0 Å².